The fourth-order valence-corrected chi connectivity index (χ4v) is 3.85. The number of rotatable bonds is 6. The Bertz CT molecular complexity index is 872. The third-order valence-electron chi connectivity index (χ3n) is 5.56. The molecule has 0 spiro atoms. The number of carbonyl (C=O) groups excluding carboxylic acids is 1. The van der Waals surface area contributed by atoms with Crippen LogP contribution in [0.5, 0.6) is 0 Å². The molecule has 1 saturated carbocycles. The summed E-state index contributed by atoms with van der Waals surface area (Å²) in [6.45, 7) is 5.14. The summed E-state index contributed by atoms with van der Waals surface area (Å²) in [6, 6.07) is 6.59. The van der Waals surface area contributed by atoms with Gasteiger partial charge in [-0.25, -0.2) is 9.37 Å². The van der Waals surface area contributed by atoms with Crippen molar-refractivity contribution in [1.29, 1.82) is 0 Å². The molecule has 2 aromatic rings. The van der Waals surface area contributed by atoms with Gasteiger partial charge in [0.05, 0.1) is 5.02 Å². The molecule has 0 radical (unpaired) electrons. The molecule has 1 amide bonds. The zero-order valence-corrected chi connectivity index (χ0v) is 19.1. The van der Waals surface area contributed by atoms with Gasteiger partial charge in [-0.3, -0.25) is 4.79 Å². The highest BCUT2D eigenvalue weighted by atomic mass is 35.5. The Balaban J connectivity index is 0.00000320. The summed E-state index contributed by atoms with van der Waals surface area (Å²) >= 11 is 5.77. The highest BCUT2D eigenvalue weighted by molar-refractivity contribution is 6.31. The average Bonchev–Trinajstić information content (AvgIpc) is 2.72. The third-order valence-corrected chi connectivity index (χ3v) is 5.85. The van der Waals surface area contributed by atoms with E-state index in [2.05, 4.69) is 47.5 Å². The number of benzene rings is 1. The number of halogens is 3. The molecule has 1 aromatic heterocycles. The number of carbonyl (C=O) groups is 1. The van der Waals surface area contributed by atoms with Gasteiger partial charge in [-0.1, -0.05) is 11.6 Å². The van der Waals surface area contributed by atoms with Gasteiger partial charge in [0.15, 0.2) is 0 Å². The van der Waals surface area contributed by atoms with Crippen LogP contribution >= 0.6 is 24.0 Å². The molecule has 1 aliphatic carbocycles. The van der Waals surface area contributed by atoms with E-state index in [-0.39, 0.29) is 29.4 Å². The minimum Gasteiger partial charge on any atom is -0.375 e. The molecule has 2 N–H and O–H groups in total. The number of pyridine rings is 1. The Labute approximate surface area is 188 Å². The standard InChI is InChI=1S/C22H28ClFN4O.ClH/c1-4-28(3)20-12-21(25-13-14(20)2)26-16-6-8-17(9-7-16)27-22(29)15-5-10-19(24)18(23)11-15;/h5,10-13,16-17H,4,6-9H2,1-3H3,(H,25,26)(H,27,29);1H. The van der Waals surface area contributed by atoms with Gasteiger partial charge in [0.2, 0.25) is 0 Å². The van der Waals surface area contributed by atoms with Crippen LogP contribution in [0.2, 0.25) is 5.02 Å². The summed E-state index contributed by atoms with van der Waals surface area (Å²) in [4.78, 5) is 19.1. The molecule has 8 heteroatoms. The number of aromatic nitrogens is 1. The van der Waals surface area contributed by atoms with Gasteiger partial charge in [0.1, 0.15) is 11.6 Å². The second-order valence-electron chi connectivity index (χ2n) is 7.67. The molecule has 0 unspecified atom stereocenters. The second kappa shape index (κ2) is 10.8. The zero-order chi connectivity index (χ0) is 21.0. The van der Waals surface area contributed by atoms with E-state index < -0.39 is 5.82 Å². The maximum absolute atomic E-state index is 13.3. The van der Waals surface area contributed by atoms with Gasteiger partial charge in [-0.2, -0.15) is 0 Å². The van der Waals surface area contributed by atoms with Gasteiger partial charge in [-0.05, 0) is 63.3 Å². The lowest BCUT2D eigenvalue weighted by Crippen LogP contribution is -2.40. The van der Waals surface area contributed by atoms with Crippen molar-refractivity contribution >= 4 is 41.4 Å². The number of anilines is 2. The first-order valence-corrected chi connectivity index (χ1v) is 10.5. The molecule has 1 fully saturated rings. The summed E-state index contributed by atoms with van der Waals surface area (Å²) < 4.78 is 13.3. The lowest BCUT2D eigenvalue weighted by atomic mass is 9.91. The van der Waals surface area contributed by atoms with Crippen LogP contribution in [0.3, 0.4) is 0 Å². The van der Waals surface area contributed by atoms with Crippen LogP contribution in [0.1, 0.15) is 48.5 Å². The highest BCUT2D eigenvalue weighted by Crippen LogP contribution is 2.26. The van der Waals surface area contributed by atoms with Crippen molar-refractivity contribution in [2.75, 3.05) is 23.8 Å². The Kier molecular flexibility index (Phi) is 8.74. The largest absolute Gasteiger partial charge is 0.375 e. The summed E-state index contributed by atoms with van der Waals surface area (Å²) in [5.74, 6) is 0.155. The van der Waals surface area contributed by atoms with Crippen molar-refractivity contribution < 1.29 is 9.18 Å². The Morgan fingerprint density at radius 2 is 1.90 bits per heavy atom. The summed E-state index contributed by atoms with van der Waals surface area (Å²) in [7, 11) is 2.08. The van der Waals surface area contributed by atoms with E-state index in [0.29, 0.717) is 11.6 Å². The topological polar surface area (TPSA) is 57.3 Å². The monoisotopic (exact) mass is 454 g/mol. The fraction of sp³-hybridized carbons (Fsp3) is 0.455. The Hall–Kier alpha value is -2.05. The molecular weight excluding hydrogens is 426 g/mol. The van der Waals surface area contributed by atoms with Crippen LogP contribution in [0.4, 0.5) is 15.9 Å². The summed E-state index contributed by atoms with van der Waals surface area (Å²) in [5, 5.41) is 6.53. The van der Waals surface area contributed by atoms with E-state index in [4.69, 9.17) is 11.6 Å². The molecule has 1 heterocycles. The SMILES string of the molecule is CCN(C)c1cc(NC2CCC(NC(=O)c3ccc(F)c(Cl)c3)CC2)ncc1C.Cl. The molecule has 0 aliphatic heterocycles. The highest BCUT2D eigenvalue weighted by Gasteiger charge is 2.23. The van der Waals surface area contributed by atoms with Crippen LogP contribution in [0, 0.1) is 12.7 Å². The van der Waals surface area contributed by atoms with E-state index in [1.54, 1.807) is 0 Å². The van der Waals surface area contributed by atoms with Gasteiger partial charge in [0.25, 0.3) is 5.91 Å². The normalized spacial score (nSPS) is 18.3. The maximum Gasteiger partial charge on any atom is 0.251 e. The number of aryl methyl sites for hydroxylation is 1. The lowest BCUT2D eigenvalue weighted by molar-refractivity contribution is 0.0926. The first kappa shape index (κ1) is 24.2. The van der Waals surface area contributed by atoms with Crippen LogP contribution < -0.4 is 15.5 Å². The number of nitrogens with one attached hydrogen (secondary N) is 2. The van der Waals surface area contributed by atoms with Crippen LogP contribution in [0.25, 0.3) is 0 Å². The summed E-state index contributed by atoms with van der Waals surface area (Å²) in [5.41, 5.74) is 2.73. The zero-order valence-electron chi connectivity index (χ0n) is 17.5. The molecular formula is C22H29Cl2FN4O. The van der Waals surface area contributed by atoms with E-state index in [1.807, 2.05) is 6.20 Å². The molecule has 164 valence electrons. The van der Waals surface area contributed by atoms with Gasteiger partial charge >= 0.3 is 0 Å². The van der Waals surface area contributed by atoms with Crippen molar-refractivity contribution in [3.8, 4) is 0 Å². The molecule has 0 saturated heterocycles. The van der Waals surface area contributed by atoms with Crippen LogP contribution in [-0.4, -0.2) is 36.6 Å². The van der Waals surface area contributed by atoms with Crippen molar-refractivity contribution in [3.05, 3.63) is 52.4 Å². The Morgan fingerprint density at radius 3 is 2.53 bits per heavy atom. The van der Waals surface area contributed by atoms with Crippen molar-refractivity contribution in [2.45, 2.75) is 51.6 Å². The molecule has 30 heavy (non-hydrogen) atoms. The average molecular weight is 455 g/mol. The van der Waals surface area contributed by atoms with Gasteiger partial charge < -0.3 is 15.5 Å². The van der Waals surface area contributed by atoms with E-state index >= 15 is 0 Å². The predicted octanol–water partition coefficient (Wildman–Crippen LogP) is 5.21. The molecule has 1 aliphatic rings. The molecule has 1 aromatic carbocycles. The van der Waals surface area contributed by atoms with Gasteiger partial charge in [-0.15, -0.1) is 12.4 Å². The number of hydrogen-bond donors (Lipinski definition) is 2. The first-order valence-electron chi connectivity index (χ1n) is 10.1. The minimum atomic E-state index is -0.521. The second-order valence-corrected chi connectivity index (χ2v) is 8.07. The first-order chi connectivity index (χ1) is 13.9. The van der Waals surface area contributed by atoms with E-state index in [0.717, 1.165) is 43.6 Å². The molecule has 3 rings (SSSR count). The van der Waals surface area contributed by atoms with Gasteiger partial charge in [0, 0.05) is 49.2 Å². The summed E-state index contributed by atoms with van der Waals surface area (Å²) in [6.07, 6.45) is 5.56. The smallest absolute Gasteiger partial charge is 0.251 e. The number of hydrogen-bond acceptors (Lipinski definition) is 4. The maximum atomic E-state index is 13.3. The minimum absolute atomic E-state index is 0. The Morgan fingerprint density at radius 1 is 1.23 bits per heavy atom. The lowest BCUT2D eigenvalue weighted by Gasteiger charge is -2.30. The van der Waals surface area contributed by atoms with E-state index in [9.17, 15) is 9.18 Å². The van der Waals surface area contributed by atoms with Crippen LogP contribution in [0.15, 0.2) is 30.5 Å². The number of amides is 1. The van der Waals surface area contributed by atoms with Crippen molar-refractivity contribution in [1.82, 2.24) is 10.3 Å². The fourth-order valence-electron chi connectivity index (χ4n) is 3.67. The van der Waals surface area contributed by atoms with Crippen molar-refractivity contribution in [2.24, 2.45) is 0 Å². The molecule has 5 nitrogen and oxygen atoms in total. The predicted molar refractivity (Wildman–Crippen MR) is 124 cm³/mol. The molecule has 0 atom stereocenters. The molecule has 0 bridgehead atoms. The number of nitrogens with zero attached hydrogens (tertiary/aromatic N) is 2. The van der Waals surface area contributed by atoms with Crippen molar-refractivity contribution in [3.63, 3.8) is 0 Å². The van der Waals surface area contributed by atoms with Crippen LogP contribution in [-0.2, 0) is 0 Å². The van der Waals surface area contributed by atoms with E-state index in [1.165, 1.54) is 23.9 Å². The third kappa shape index (κ3) is 5.99. The quantitative estimate of drug-likeness (QED) is 0.628.